The van der Waals surface area contributed by atoms with Crippen LogP contribution < -0.4 is 10.2 Å². The van der Waals surface area contributed by atoms with E-state index >= 15 is 0 Å². The van der Waals surface area contributed by atoms with Gasteiger partial charge in [0.1, 0.15) is 0 Å². The molecule has 1 fully saturated rings. The zero-order valence-corrected chi connectivity index (χ0v) is 15.3. The van der Waals surface area contributed by atoms with E-state index in [4.69, 9.17) is 0 Å². The Kier molecular flexibility index (Phi) is 6.42. The van der Waals surface area contributed by atoms with Crippen molar-refractivity contribution >= 4 is 11.7 Å². The van der Waals surface area contributed by atoms with Crippen LogP contribution in [0.5, 0.6) is 0 Å². The molecular formula is C20H30N4O. The van der Waals surface area contributed by atoms with Gasteiger partial charge < -0.3 is 10.2 Å². The number of rotatable bonds is 6. The minimum atomic E-state index is -0.124. The molecule has 1 saturated heterocycles. The highest BCUT2D eigenvalue weighted by molar-refractivity contribution is 5.92. The molecule has 2 aliphatic rings. The van der Waals surface area contributed by atoms with E-state index in [1.54, 1.807) is 6.07 Å². The van der Waals surface area contributed by atoms with E-state index in [0.29, 0.717) is 18.3 Å². The molecule has 1 unspecified atom stereocenters. The molecule has 1 aromatic heterocycles. The van der Waals surface area contributed by atoms with E-state index in [-0.39, 0.29) is 5.91 Å². The quantitative estimate of drug-likeness (QED) is 0.798. The second-order valence-electron chi connectivity index (χ2n) is 7.14. The molecule has 0 saturated carbocycles. The molecule has 2 heterocycles. The summed E-state index contributed by atoms with van der Waals surface area (Å²) in [5.41, 5.74) is 1.88. The first-order valence-electron chi connectivity index (χ1n) is 9.84. The number of hydrogen-bond acceptors (Lipinski definition) is 4. The molecule has 5 heteroatoms. The summed E-state index contributed by atoms with van der Waals surface area (Å²) in [5.74, 6) is 0.775. The van der Waals surface area contributed by atoms with Gasteiger partial charge in [-0.2, -0.15) is 0 Å². The Morgan fingerprint density at radius 3 is 2.88 bits per heavy atom. The van der Waals surface area contributed by atoms with Crippen LogP contribution in [0.25, 0.3) is 0 Å². The van der Waals surface area contributed by atoms with E-state index in [1.807, 2.05) is 6.07 Å². The normalized spacial score (nSPS) is 20.9. The number of nitrogens with one attached hydrogen (secondary N) is 1. The molecule has 1 atom stereocenters. The third-order valence-corrected chi connectivity index (χ3v) is 5.39. The van der Waals surface area contributed by atoms with Gasteiger partial charge in [-0.25, -0.2) is 0 Å². The van der Waals surface area contributed by atoms with Crippen molar-refractivity contribution in [3.8, 4) is 0 Å². The van der Waals surface area contributed by atoms with Gasteiger partial charge in [0.05, 0.1) is 0 Å². The van der Waals surface area contributed by atoms with Gasteiger partial charge in [-0.15, -0.1) is 10.2 Å². The fourth-order valence-corrected chi connectivity index (χ4v) is 3.89. The van der Waals surface area contributed by atoms with Crippen LogP contribution >= 0.6 is 0 Å². The Hall–Kier alpha value is -1.91. The number of hydrogen-bond donors (Lipinski definition) is 1. The molecule has 1 amide bonds. The lowest BCUT2D eigenvalue weighted by molar-refractivity contribution is 0.0948. The van der Waals surface area contributed by atoms with Crippen molar-refractivity contribution in [2.24, 2.45) is 0 Å². The van der Waals surface area contributed by atoms with Crippen LogP contribution in [0.1, 0.15) is 75.2 Å². The maximum atomic E-state index is 12.2. The maximum absolute atomic E-state index is 12.2. The predicted octanol–water partition coefficient (Wildman–Crippen LogP) is 3.87. The molecule has 0 radical (unpaired) electrons. The Bertz CT molecular complexity index is 596. The van der Waals surface area contributed by atoms with Crippen molar-refractivity contribution in [3.63, 3.8) is 0 Å². The second-order valence-corrected chi connectivity index (χ2v) is 7.14. The van der Waals surface area contributed by atoms with E-state index < -0.39 is 0 Å². The lowest BCUT2D eigenvalue weighted by Crippen LogP contribution is -2.39. The van der Waals surface area contributed by atoms with Crippen LogP contribution in [0.2, 0.25) is 0 Å². The number of anilines is 1. The molecule has 5 nitrogen and oxygen atoms in total. The first-order valence-corrected chi connectivity index (χ1v) is 9.84. The average molecular weight is 342 g/mol. The summed E-state index contributed by atoms with van der Waals surface area (Å²) in [7, 11) is 0. The van der Waals surface area contributed by atoms with Crippen LogP contribution in [0.4, 0.5) is 5.82 Å². The van der Waals surface area contributed by atoms with Gasteiger partial charge in [-0.05, 0) is 69.9 Å². The smallest absolute Gasteiger partial charge is 0.271 e. The van der Waals surface area contributed by atoms with Crippen LogP contribution in [0, 0.1) is 0 Å². The van der Waals surface area contributed by atoms with Crippen LogP contribution in [0.3, 0.4) is 0 Å². The number of aromatic nitrogens is 2. The van der Waals surface area contributed by atoms with Crippen molar-refractivity contribution in [2.45, 2.75) is 70.8 Å². The number of carbonyl (C=O) groups is 1. The molecule has 1 aliphatic heterocycles. The van der Waals surface area contributed by atoms with Gasteiger partial charge in [-0.1, -0.05) is 18.6 Å². The third kappa shape index (κ3) is 4.80. The Balaban J connectivity index is 1.52. The molecule has 136 valence electrons. The van der Waals surface area contributed by atoms with E-state index in [9.17, 15) is 4.79 Å². The van der Waals surface area contributed by atoms with Crippen LogP contribution in [-0.2, 0) is 0 Å². The van der Waals surface area contributed by atoms with Gasteiger partial charge in [0.25, 0.3) is 5.91 Å². The molecular weight excluding hydrogens is 312 g/mol. The minimum absolute atomic E-state index is 0.124. The SMILES string of the molecule is CCC1CCCCN1c1ccc(C(=O)NCCC2=CCCCC2)nn1. The molecule has 0 aromatic carbocycles. The lowest BCUT2D eigenvalue weighted by Gasteiger charge is -2.35. The fourth-order valence-electron chi connectivity index (χ4n) is 3.89. The zero-order valence-electron chi connectivity index (χ0n) is 15.3. The van der Waals surface area contributed by atoms with Crippen molar-refractivity contribution in [2.75, 3.05) is 18.0 Å². The van der Waals surface area contributed by atoms with Gasteiger partial charge in [0.15, 0.2) is 11.5 Å². The number of nitrogens with zero attached hydrogens (tertiary/aromatic N) is 3. The van der Waals surface area contributed by atoms with E-state index in [0.717, 1.165) is 25.2 Å². The Morgan fingerprint density at radius 2 is 2.16 bits per heavy atom. The standard InChI is InChI=1S/C20H30N4O/c1-2-17-10-6-7-15-24(17)19-12-11-18(22-23-19)20(25)21-14-13-16-8-4-3-5-9-16/h8,11-12,17H,2-7,9-10,13-15H2,1H3,(H,21,25). The van der Waals surface area contributed by atoms with Gasteiger partial charge >= 0.3 is 0 Å². The lowest BCUT2D eigenvalue weighted by atomic mass is 9.97. The van der Waals surface area contributed by atoms with Crippen molar-refractivity contribution in [1.29, 1.82) is 0 Å². The minimum Gasteiger partial charge on any atom is -0.352 e. The largest absolute Gasteiger partial charge is 0.352 e. The topological polar surface area (TPSA) is 58.1 Å². The summed E-state index contributed by atoms with van der Waals surface area (Å²) < 4.78 is 0. The third-order valence-electron chi connectivity index (χ3n) is 5.39. The monoisotopic (exact) mass is 342 g/mol. The summed E-state index contributed by atoms with van der Waals surface area (Å²) in [5, 5.41) is 11.5. The summed E-state index contributed by atoms with van der Waals surface area (Å²) in [4.78, 5) is 14.6. The highest BCUT2D eigenvalue weighted by Crippen LogP contribution is 2.24. The molecule has 0 bridgehead atoms. The number of allylic oxidation sites excluding steroid dienone is 1. The van der Waals surface area contributed by atoms with Crippen molar-refractivity contribution < 1.29 is 4.79 Å². The number of piperidine rings is 1. The molecule has 25 heavy (non-hydrogen) atoms. The zero-order chi connectivity index (χ0) is 17.5. The molecule has 1 aliphatic carbocycles. The van der Waals surface area contributed by atoms with Gasteiger partial charge in [0, 0.05) is 19.1 Å². The highest BCUT2D eigenvalue weighted by atomic mass is 16.1. The second kappa shape index (κ2) is 8.97. The predicted molar refractivity (Wildman–Crippen MR) is 101 cm³/mol. The first kappa shape index (κ1) is 17.9. The number of carbonyl (C=O) groups excluding carboxylic acids is 1. The molecule has 1 N–H and O–H groups in total. The first-order chi connectivity index (χ1) is 12.3. The average Bonchev–Trinajstić information content (AvgIpc) is 2.69. The summed E-state index contributed by atoms with van der Waals surface area (Å²) in [6.45, 7) is 3.94. The summed E-state index contributed by atoms with van der Waals surface area (Å²) in [6.07, 6.45) is 13.1. The molecule has 0 spiro atoms. The van der Waals surface area contributed by atoms with Gasteiger partial charge in [0.2, 0.25) is 0 Å². The summed E-state index contributed by atoms with van der Waals surface area (Å²) >= 11 is 0. The Labute approximate surface area is 150 Å². The molecule has 1 aromatic rings. The van der Waals surface area contributed by atoms with Crippen molar-refractivity contribution in [1.82, 2.24) is 15.5 Å². The highest BCUT2D eigenvalue weighted by Gasteiger charge is 2.22. The van der Waals surface area contributed by atoms with E-state index in [2.05, 4.69) is 33.4 Å². The Morgan fingerprint density at radius 1 is 1.24 bits per heavy atom. The maximum Gasteiger partial charge on any atom is 0.271 e. The fraction of sp³-hybridized carbons (Fsp3) is 0.650. The summed E-state index contributed by atoms with van der Waals surface area (Å²) in [6, 6.07) is 4.30. The van der Waals surface area contributed by atoms with E-state index in [1.165, 1.54) is 50.5 Å². The van der Waals surface area contributed by atoms with Gasteiger partial charge in [-0.3, -0.25) is 4.79 Å². The van der Waals surface area contributed by atoms with Crippen LogP contribution in [0.15, 0.2) is 23.8 Å². The number of amides is 1. The van der Waals surface area contributed by atoms with Crippen LogP contribution in [-0.4, -0.2) is 35.2 Å². The molecule has 3 rings (SSSR count). The van der Waals surface area contributed by atoms with Crippen molar-refractivity contribution in [3.05, 3.63) is 29.5 Å².